The van der Waals surface area contributed by atoms with Crippen LogP contribution in [0.4, 0.5) is 5.82 Å². The molecule has 0 saturated carbocycles. The summed E-state index contributed by atoms with van der Waals surface area (Å²) in [6.07, 6.45) is 0. The Bertz CT molecular complexity index is 1120. The van der Waals surface area contributed by atoms with E-state index in [2.05, 4.69) is 15.8 Å². The number of nitriles is 1. The van der Waals surface area contributed by atoms with E-state index in [1.807, 2.05) is 60.7 Å². The molecule has 3 N–H and O–H groups in total. The molecule has 8 nitrogen and oxygen atoms in total. The number of nitrogens with one attached hydrogen (secondary N) is 2. The summed E-state index contributed by atoms with van der Waals surface area (Å²) in [7, 11) is 0. The molecule has 1 aromatic heterocycles. The number of aromatic carboxylic acids is 1. The first-order valence-corrected chi connectivity index (χ1v) is 9.52. The summed E-state index contributed by atoms with van der Waals surface area (Å²) in [5.41, 5.74) is 8.03. The second kappa shape index (κ2) is 10.0. The summed E-state index contributed by atoms with van der Waals surface area (Å²) in [6, 6.07) is 20.5. The molecule has 1 heterocycles. The van der Waals surface area contributed by atoms with E-state index in [0.29, 0.717) is 11.3 Å². The molecule has 0 radical (unpaired) electrons. The zero-order valence-electron chi connectivity index (χ0n) is 16.8. The second-order valence-electron chi connectivity index (χ2n) is 6.42. The normalized spacial score (nSPS) is 10.2. The molecular weight excluding hydrogens is 396 g/mol. The van der Waals surface area contributed by atoms with Crippen LogP contribution in [-0.4, -0.2) is 35.2 Å². The Morgan fingerprint density at radius 3 is 2.32 bits per heavy atom. The maximum Gasteiger partial charge on any atom is 0.337 e. The Hall–Kier alpha value is -4.22. The highest BCUT2D eigenvalue weighted by atomic mass is 16.5. The lowest BCUT2D eigenvalue weighted by Crippen LogP contribution is -2.30. The van der Waals surface area contributed by atoms with E-state index >= 15 is 0 Å². The van der Waals surface area contributed by atoms with Gasteiger partial charge in [0.1, 0.15) is 18.2 Å². The van der Waals surface area contributed by atoms with E-state index in [1.165, 1.54) is 6.07 Å². The number of anilines is 1. The number of hydrazine groups is 1. The monoisotopic (exact) mass is 416 g/mol. The van der Waals surface area contributed by atoms with Crippen LogP contribution in [0, 0.1) is 11.3 Å². The van der Waals surface area contributed by atoms with Crippen molar-refractivity contribution in [3.8, 4) is 28.5 Å². The molecule has 2 aromatic carbocycles. The van der Waals surface area contributed by atoms with Crippen molar-refractivity contribution in [2.24, 2.45) is 0 Å². The fourth-order valence-corrected chi connectivity index (χ4v) is 2.94. The van der Waals surface area contributed by atoms with Gasteiger partial charge < -0.3 is 15.3 Å². The highest BCUT2D eigenvalue weighted by molar-refractivity contribution is 5.94. The van der Waals surface area contributed by atoms with Crippen LogP contribution in [0.3, 0.4) is 0 Å². The summed E-state index contributed by atoms with van der Waals surface area (Å²) >= 11 is 0. The van der Waals surface area contributed by atoms with Crippen molar-refractivity contribution in [3.63, 3.8) is 0 Å². The fraction of sp³-hybridized carbons (Fsp3) is 0.130. The van der Waals surface area contributed by atoms with Crippen molar-refractivity contribution < 1.29 is 19.4 Å². The predicted octanol–water partition coefficient (Wildman–Crippen LogP) is 3.47. The van der Waals surface area contributed by atoms with E-state index in [-0.39, 0.29) is 30.1 Å². The van der Waals surface area contributed by atoms with E-state index in [0.717, 1.165) is 11.1 Å². The first-order valence-electron chi connectivity index (χ1n) is 9.52. The first-order chi connectivity index (χ1) is 15.0. The molecule has 0 saturated heterocycles. The second-order valence-corrected chi connectivity index (χ2v) is 6.42. The number of carbonyl (C=O) groups excluding carboxylic acids is 1. The summed E-state index contributed by atoms with van der Waals surface area (Å²) < 4.78 is 4.82. The number of carboxylic acid groups (broad SMARTS) is 1. The largest absolute Gasteiger partial charge is 0.478 e. The highest BCUT2D eigenvalue weighted by Crippen LogP contribution is 2.27. The van der Waals surface area contributed by atoms with Gasteiger partial charge in [-0.1, -0.05) is 54.6 Å². The number of nitrogens with zero attached hydrogens (tertiary/aromatic N) is 2. The molecule has 3 aromatic rings. The number of aromatic nitrogens is 1. The standard InChI is InChI=1S/C23H20N4O4/c1-2-31-21(28)14-25-27-22-19(13-24)18(23(29)30)12-20(26-22)17-10-8-16(9-11-17)15-6-4-3-5-7-15/h3-12,25H,2,14H2,1H3,(H,26,27)(H,29,30). The highest BCUT2D eigenvalue weighted by Gasteiger charge is 2.19. The molecule has 0 aliphatic heterocycles. The van der Waals surface area contributed by atoms with Gasteiger partial charge in [-0.05, 0) is 24.1 Å². The SMILES string of the molecule is CCOC(=O)CNNc1nc(-c2ccc(-c3ccccc3)cc2)cc(C(=O)O)c1C#N. The van der Waals surface area contributed by atoms with Crippen molar-refractivity contribution in [2.75, 3.05) is 18.6 Å². The summed E-state index contributed by atoms with van der Waals surface area (Å²) in [5.74, 6) is -1.75. The smallest absolute Gasteiger partial charge is 0.337 e. The van der Waals surface area contributed by atoms with Gasteiger partial charge in [-0.2, -0.15) is 5.26 Å². The Morgan fingerprint density at radius 1 is 1.06 bits per heavy atom. The van der Waals surface area contributed by atoms with Crippen molar-refractivity contribution in [3.05, 3.63) is 71.8 Å². The third-order valence-corrected chi connectivity index (χ3v) is 4.39. The molecule has 0 spiro atoms. The number of ether oxygens (including phenoxy) is 1. The van der Waals surface area contributed by atoms with Gasteiger partial charge in [-0.25, -0.2) is 15.2 Å². The third-order valence-electron chi connectivity index (χ3n) is 4.39. The lowest BCUT2D eigenvalue weighted by Gasteiger charge is -2.13. The van der Waals surface area contributed by atoms with Gasteiger partial charge in [0.05, 0.1) is 17.9 Å². The van der Waals surface area contributed by atoms with Gasteiger partial charge in [0, 0.05) is 5.56 Å². The van der Waals surface area contributed by atoms with E-state index in [1.54, 1.807) is 6.92 Å². The van der Waals surface area contributed by atoms with Gasteiger partial charge in [-0.15, -0.1) is 0 Å². The third kappa shape index (κ3) is 5.23. The van der Waals surface area contributed by atoms with Crippen molar-refractivity contribution >= 4 is 17.8 Å². The van der Waals surface area contributed by atoms with Crippen molar-refractivity contribution in [1.82, 2.24) is 10.4 Å². The molecule has 8 heteroatoms. The topological polar surface area (TPSA) is 124 Å². The maximum atomic E-state index is 11.7. The molecule has 0 fully saturated rings. The molecular formula is C23H20N4O4. The van der Waals surface area contributed by atoms with E-state index in [9.17, 15) is 20.0 Å². The predicted molar refractivity (Wildman–Crippen MR) is 115 cm³/mol. The van der Waals surface area contributed by atoms with E-state index < -0.39 is 11.9 Å². The van der Waals surface area contributed by atoms with Crippen LogP contribution >= 0.6 is 0 Å². The van der Waals surface area contributed by atoms with Gasteiger partial charge in [0.25, 0.3) is 0 Å². The Balaban J connectivity index is 1.93. The average Bonchev–Trinajstić information content (AvgIpc) is 2.79. The van der Waals surface area contributed by atoms with E-state index in [4.69, 9.17) is 4.74 Å². The van der Waals surface area contributed by atoms with Crippen LogP contribution in [0.25, 0.3) is 22.4 Å². The quantitative estimate of drug-likeness (QED) is 0.377. The number of pyridine rings is 1. The first kappa shape index (κ1) is 21.5. The molecule has 0 atom stereocenters. The molecule has 156 valence electrons. The zero-order valence-corrected chi connectivity index (χ0v) is 16.8. The number of benzene rings is 2. The van der Waals surface area contributed by atoms with Gasteiger partial charge in [0.2, 0.25) is 0 Å². The molecule has 0 bridgehead atoms. The van der Waals surface area contributed by atoms with Crippen LogP contribution in [0.5, 0.6) is 0 Å². The summed E-state index contributed by atoms with van der Waals surface area (Å²) in [5, 5.41) is 19.0. The van der Waals surface area contributed by atoms with Crippen LogP contribution in [-0.2, 0) is 9.53 Å². The number of hydrogen-bond acceptors (Lipinski definition) is 7. The summed E-state index contributed by atoms with van der Waals surface area (Å²) in [4.78, 5) is 27.6. The minimum atomic E-state index is -1.26. The number of hydrogen-bond donors (Lipinski definition) is 3. The number of rotatable bonds is 8. The summed E-state index contributed by atoms with van der Waals surface area (Å²) in [6.45, 7) is 1.74. The lowest BCUT2D eigenvalue weighted by atomic mass is 10.0. The Kier molecular flexibility index (Phi) is 6.93. The number of carboxylic acids is 1. The number of esters is 1. The van der Waals surface area contributed by atoms with Crippen molar-refractivity contribution in [2.45, 2.75) is 6.92 Å². The van der Waals surface area contributed by atoms with Crippen LogP contribution < -0.4 is 10.9 Å². The van der Waals surface area contributed by atoms with Crippen LogP contribution in [0.2, 0.25) is 0 Å². The molecule has 3 rings (SSSR count). The van der Waals surface area contributed by atoms with Gasteiger partial charge in [-0.3, -0.25) is 4.79 Å². The lowest BCUT2D eigenvalue weighted by molar-refractivity contribution is -0.141. The molecule has 0 amide bonds. The van der Waals surface area contributed by atoms with Crippen LogP contribution in [0.1, 0.15) is 22.8 Å². The number of carbonyl (C=O) groups is 2. The molecule has 31 heavy (non-hydrogen) atoms. The zero-order chi connectivity index (χ0) is 22.2. The van der Waals surface area contributed by atoms with Gasteiger partial charge >= 0.3 is 11.9 Å². The van der Waals surface area contributed by atoms with Gasteiger partial charge in [0.15, 0.2) is 5.82 Å². The Labute approximate surface area is 179 Å². The minimum absolute atomic E-state index is 0.00818. The molecule has 0 unspecified atom stereocenters. The fourth-order valence-electron chi connectivity index (χ4n) is 2.94. The molecule has 0 aliphatic rings. The minimum Gasteiger partial charge on any atom is -0.478 e. The van der Waals surface area contributed by atoms with Crippen molar-refractivity contribution in [1.29, 1.82) is 5.26 Å². The van der Waals surface area contributed by atoms with Crippen LogP contribution in [0.15, 0.2) is 60.7 Å². The maximum absolute atomic E-state index is 11.7. The molecule has 0 aliphatic carbocycles. The average molecular weight is 416 g/mol. The Morgan fingerprint density at radius 2 is 1.71 bits per heavy atom.